The summed E-state index contributed by atoms with van der Waals surface area (Å²) in [6, 6.07) is 19.7. The molecular weight excluding hydrogens is 408 g/mol. The first-order valence-electron chi connectivity index (χ1n) is 9.93. The molecule has 4 rings (SSSR count). The van der Waals surface area contributed by atoms with Crippen LogP contribution in [0.2, 0.25) is 0 Å². The van der Waals surface area contributed by atoms with Crippen molar-refractivity contribution in [1.29, 1.82) is 0 Å². The molecule has 0 N–H and O–H groups in total. The summed E-state index contributed by atoms with van der Waals surface area (Å²) in [5.41, 5.74) is 4.73. The second-order valence-corrected chi connectivity index (χ2v) is 8.20. The van der Waals surface area contributed by atoms with E-state index in [1.54, 1.807) is 7.11 Å². The van der Waals surface area contributed by atoms with E-state index in [1.165, 1.54) is 11.8 Å². The third kappa shape index (κ3) is 4.14. The van der Waals surface area contributed by atoms with Crippen molar-refractivity contribution in [3.8, 4) is 22.8 Å². The number of thioether (sulfide) groups is 1. The summed E-state index contributed by atoms with van der Waals surface area (Å²) in [7, 11) is 3.55. The second kappa shape index (κ2) is 8.81. The average Bonchev–Trinajstić information content (AvgIpc) is 3.31. The second-order valence-electron chi connectivity index (χ2n) is 7.26. The molecule has 0 saturated heterocycles. The number of hydrogen-bond acceptors (Lipinski definition) is 5. The first-order chi connectivity index (χ1) is 15.0. The van der Waals surface area contributed by atoms with Gasteiger partial charge in [-0.05, 0) is 56.3 Å². The molecule has 31 heavy (non-hydrogen) atoms. The summed E-state index contributed by atoms with van der Waals surface area (Å²) in [4.78, 5) is 13.0. The van der Waals surface area contributed by atoms with Crippen LogP contribution in [0.25, 0.3) is 17.1 Å². The number of carbonyl (C=O) groups excluding carboxylic acids is 1. The van der Waals surface area contributed by atoms with Gasteiger partial charge < -0.3 is 13.9 Å². The lowest BCUT2D eigenvalue weighted by molar-refractivity contribution is 0.102. The summed E-state index contributed by atoms with van der Waals surface area (Å²) >= 11 is 1.40. The van der Waals surface area contributed by atoms with E-state index in [1.807, 2.05) is 86.1 Å². The summed E-state index contributed by atoms with van der Waals surface area (Å²) in [6.45, 7) is 4.01. The highest BCUT2D eigenvalue weighted by Gasteiger charge is 2.19. The number of ether oxygens (including phenoxy) is 1. The SMILES string of the molecule is COc1ccc(-c2nnc(SCC(=O)c3cc(C)n(-c4ccccc4)c3C)n2C)cc1. The van der Waals surface area contributed by atoms with Gasteiger partial charge in [0.2, 0.25) is 0 Å². The molecule has 4 aromatic rings. The molecule has 0 aliphatic heterocycles. The van der Waals surface area contributed by atoms with Gasteiger partial charge in [0.05, 0.1) is 12.9 Å². The van der Waals surface area contributed by atoms with Crippen molar-refractivity contribution >= 4 is 17.5 Å². The fourth-order valence-electron chi connectivity index (χ4n) is 3.66. The van der Waals surface area contributed by atoms with Crippen molar-refractivity contribution in [3.05, 3.63) is 77.6 Å². The predicted molar refractivity (Wildman–Crippen MR) is 123 cm³/mol. The van der Waals surface area contributed by atoms with E-state index in [2.05, 4.69) is 14.8 Å². The van der Waals surface area contributed by atoms with E-state index in [0.29, 0.717) is 10.9 Å². The molecule has 0 fully saturated rings. The minimum absolute atomic E-state index is 0.0780. The van der Waals surface area contributed by atoms with Gasteiger partial charge in [-0.25, -0.2) is 0 Å². The summed E-state index contributed by atoms with van der Waals surface area (Å²) in [6.07, 6.45) is 0. The van der Waals surface area contributed by atoms with Gasteiger partial charge in [-0.15, -0.1) is 10.2 Å². The van der Waals surface area contributed by atoms with Crippen LogP contribution < -0.4 is 4.74 Å². The number of carbonyl (C=O) groups is 1. The monoisotopic (exact) mass is 432 g/mol. The van der Waals surface area contributed by atoms with Crippen LogP contribution in [-0.4, -0.2) is 38.0 Å². The van der Waals surface area contributed by atoms with Crippen LogP contribution in [0.4, 0.5) is 0 Å². The number of benzene rings is 2. The van der Waals surface area contributed by atoms with E-state index >= 15 is 0 Å². The van der Waals surface area contributed by atoms with Crippen molar-refractivity contribution in [2.75, 3.05) is 12.9 Å². The molecule has 2 heterocycles. The lowest BCUT2D eigenvalue weighted by Gasteiger charge is -2.09. The Balaban J connectivity index is 1.50. The number of aryl methyl sites for hydroxylation is 1. The molecule has 0 saturated carbocycles. The van der Waals surface area contributed by atoms with Gasteiger partial charge >= 0.3 is 0 Å². The highest BCUT2D eigenvalue weighted by molar-refractivity contribution is 7.99. The fourth-order valence-corrected chi connectivity index (χ4v) is 4.45. The fraction of sp³-hybridized carbons (Fsp3) is 0.208. The zero-order valence-electron chi connectivity index (χ0n) is 18.0. The molecule has 0 unspecified atom stereocenters. The molecule has 0 aliphatic rings. The third-order valence-electron chi connectivity index (χ3n) is 5.26. The number of hydrogen-bond donors (Lipinski definition) is 0. The smallest absolute Gasteiger partial charge is 0.191 e. The van der Waals surface area contributed by atoms with Gasteiger partial charge in [0.15, 0.2) is 16.8 Å². The Kier molecular flexibility index (Phi) is 5.95. The zero-order valence-corrected chi connectivity index (χ0v) is 18.8. The number of nitrogens with zero attached hydrogens (tertiary/aromatic N) is 4. The van der Waals surface area contributed by atoms with Gasteiger partial charge in [0.1, 0.15) is 5.75 Å². The van der Waals surface area contributed by atoms with Gasteiger partial charge in [0.25, 0.3) is 0 Å². The minimum Gasteiger partial charge on any atom is -0.497 e. The quantitative estimate of drug-likeness (QED) is 0.308. The molecule has 0 spiro atoms. The van der Waals surface area contributed by atoms with Crippen LogP contribution in [0.1, 0.15) is 21.7 Å². The molecule has 0 bridgehead atoms. The van der Waals surface area contributed by atoms with E-state index in [4.69, 9.17) is 4.74 Å². The Morgan fingerprint density at radius 2 is 1.74 bits per heavy atom. The number of methoxy groups -OCH3 is 1. The van der Waals surface area contributed by atoms with E-state index in [0.717, 1.165) is 39.8 Å². The number of ketones is 1. The molecule has 2 aromatic carbocycles. The molecule has 7 heteroatoms. The van der Waals surface area contributed by atoms with Gasteiger partial charge in [-0.1, -0.05) is 30.0 Å². The van der Waals surface area contributed by atoms with Crippen molar-refractivity contribution in [2.24, 2.45) is 7.05 Å². The third-order valence-corrected chi connectivity index (χ3v) is 6.28. The summed E-state index contributed by atoms with van der Waals surface area (Å²) in [5.74, 6) is 1.92. The van der Waals surface area contributed by atoms with Crippen LogP contribution in [0.15, 0.2) is 65.8 Å². The molecular formula is C24H24N4O2S. The van der Waals surface area contributed by atoms with E-state index < -0.39 is 0 Å². The molecule has 0 atom stereocenters. The zero-order chi connectivity index (χ0) is 22.0. The van der Waals surface area contributed by atoms with Crippen LogP contribution in [0.5, 0.6) is 5.75 Å². The Hall–Kier alpha value is -3.32. The molecule has 2 aromatic heterocycles. The standard InChI is InChI=1S/C24H24N4O2S/c1-16-14-21(17(2)28(16)19-8-6-5-7-9-19)22(29)15-31-24-26-25-23(27(24)3)18-10-12-20(30-4)13-11-18/h5-14H,15H2,1-4H3. The Morgan fingerprint density at radius 1 is 1.03 bits per heavy atom. The maximum absolute atomic E-state index is 13.0. The van der Waals surface area contributed by atoms with Gasteiger partial charge in [0, 0.05) is 35.2 Å². The molecule has 0 aliphatic carbocycles. The lowest BCUT2D eigenvalue weighted by atomic mass is 10.2. The Morgan fingerprint density at radius 3 is 2.42 bits per heavy atom. The van der Waals surface area contributed by atoms with Crippen LogP contribution in [0, 0.1) is 13.8 Å². The largest absolute Gasteiger partial charge is 0.497 e. The maximum Gasteiger partial charge on any atom is 0.191 e. The molecule has 158 valence electrons. The van der Waals surface area contributed by atoms with Crippen molar-refractivity contribution in [2.45, 2.75) is 19.0 Å². The van der Waals surface area contributed by atoms with Crippen LogP contribution >= 0.6 is 11.8 Å². The average molecular weight is 433 g/mol. The first kappa shape index (κ1) is 20.9. The van der Waals surface area contributed by atoms with E-state index in [-0.39, 0.29) is 5.78 Å². The van der Waals surface area contributed by atoms with E-state index in [9.17, 15) is 4.79 Å². The number of Topliss-reactive ketones (excluding diaryl/α,β-unsaturated/α-hetero) is 1. The lowest BCUT2D eigenvalue weighted by Crippen LogP contribution is -2.06. The highest BCUT2D eigenvalue weighted by atomic mass is 32.2. The van der Waals surface area contributed by atoms with Gasteiger partial charge in [-0.3, -0.25) is 4.79 Å². The first-order valence-corrected chi connectivity index (χ1v) is 10.9. The highest BCUT2D eigenvalue weighted by Crippen LogP contribution is 2.26. The normalized spacial score (nSPS) is 11.0. The predicted octanol–water partition coefficient (Wildman–Crippen LogP) is 4.87. The Bertz CT molecular complexity index is 1210. The summed E-state index contributed by atoms with van der Waals surface area (Å²) in [5, 5.41) is 9.29. The minimum atomic E-state index is 0.0780. The van der Waals surface area contributed by atoms with Crippen molar-refractivity contribution in [1.82, 2.24) is 19.3 Å². The molecule has 0 amide bonds. The van der Waals surface area contributed by atoms with Gasteiger partial charge in [-0.2, -0.15) is 0 Å². The van der Waals surface area contributed by atoms with Crippen LogP contribution in [0.3, 0.4) is 0 Å². The number of para-hydroxylation sites is 1. The maximum atomic E-state index is 13.0. The summed E-state index contributed by atoms with van der Waals surface area (Å²) < 4.78 is 9.23. The molecule has 0 radical (unpaired) electrons. The van der Waals surface area contributed by atoms with Crippen molar-refractivity contribution in [3.63, 3.8) is 0 Å². The number of aromatic nitrogens is 4. The molecule has 6 nitrogen and oxygen atoms in total. The van der Waals surface area contributed by atoms with Crippen LogP contribution in [-0.2, 0) is 7.05 Å². The topological polar surface area (TPSA) is 61.9 Å². The number of rotatable bonds is 7. The Labute approximate surface area is 185 Å². The van der Waals surface area contributed by atoms with Crippen molar-refractivity contribution < 1.29 is 9.53 Å².